The van der Waals surface area contributed by atoms with Crippen molar-refractivity contribution < 1.29 is 22.1 Å². The van der Waals surface area contributed by atoms with Crippen molar-refractivity contribution in [1.82, 2.24) is 24.4 Å². The number of ether oxygens (including phenoxy) is 2. The Hall–Kier alpha value is -2.89. The number of fused-ring (bicyclic) bond motifs is 1. The van der Waals surface area contributed by atoms with Gasteiger partial charge < -0.3 is 14.4 Å². The standard InChI is InChI=1S/C35H54N6O5SSi2/c1-47(42,43)46-25-28-13-15-29(16-14-28)33-21-34(39(26-44-17-19-48(2,3)4)27-45-18-20-49(5,6)7)41-35(38-33)32(23-37-41)30-22-36-40(24-30)31-11-9-8-10-12-31/h8-12,21-24,28-29H,13-20,25-27H2,1-7H3. The lowest BCUT2D eigenvalue weighted by Gasteiger charge is -2.30. The second-order valence-electron chi connectivity index (χ2n) is 15.8. The normalized spacial score (nSPS) is 17.5. The average Bonchev–Trinajstić information content (AvgIpc) is 3.70. The maximum absolute atomic E-state index is 11.6. The molecule has 5 rings (SSSR count). The molecule has 3 aromatic heterocycles. The number of hydrogen-bond acceptors (Lipinski definition) is 9. The van der Waals surface area contributed by atoms with Crippen molar-refractivity contribution in [2.45, 2.75) is 83.0 Å². The smallest absolute Gasteiger partial charge is 0.264 e. The van der Waals surface area contributed by atoms with E-state index < -0.39 is 26.3 Å². The fourth-order valence-electron chi connectivity index (χ4n) is 5.91. The van der Waals surface area contributed by atoms with Gasteiger partial charge in [-0.15, -0.1) is 0 Å². The molecule has 268 valence electrons. The van der Waals surface area contributed by atoms with Crippen LogP contribution in [0, 0.1) is 5.92 Å². The maximum Gasteiger partial charge on any atom is 0.264 e. The second kappa shape index (κ2) is 16.0. The van der Waals surface area contributed by atoms with Crippen LogP contribution in [0.2, 0.25) is 51.4 Å². The second-order valence-corrected chi connectivity index (χ2v) is 28.7. The number of hydrogen-bond donors (Lipinski definition) is 0. The SMILES string of the molecule is C[Si](C)(C)CCOCN(COCC[Si](C)(C)C)c1cc(C2CCC(COS(C)(=O)=O)CC2)nc2c(-c3cnn(-c4ccccc4)c3)cnn12. The molecule has 4 aromatic rings. The first-order valence-corrected chi connectivity index (χ1v) is 26.6. The van der Waals surface area contributed by atoms with Crippen LogP contribution in [0.15, 0.2) is 55.0 Å². The van der Waals surface area contributed by atoms with Gasteiger partial charge in [-0.1, -0.05) is 57.5 Å². The molecule has 1 fully saturated rings. The predicted molar refractivity (Wildman–Crippen MR) is 201 cm³/mol. The summed E-state index contributed by atoms with van der Waals surface area (Å²) in [5.74, 6) is 1.31. The molecule has 1 aliphatic rings. The van der Waals surface area contributed by atoms with E-state index in [4.69, 9.17) is 23.7 Å². The number of para-hydroxylation sites is 1. The van der Waals surface area contributed by atoms with Gasteiger partial charge >= 0.3 is 0 Å². The van der Waals surface area contributed by atoms with Crippen LogP contribution in [0.1, 0.15) is 37.3 Å². The molecule has 1 saturated carbocycles. The van der Waals surface area contributed by atoms with Crippen LogP contribution in [-0.4, -0.2) is 88.5 Å². The lowest BCUT2D eigenvalue weighted by atomic mass is 9.81. The first kappa shape index (κ1) is 37.4. The molecule has 0 aliphatic heterocycles. The Morgan fingerprint density at radius 2 is 1.51 bits per heavy atom. The largest absolute Gasteiger partial charge is 0.361 e. The predicted octanol–water partition coefficient (Wildman–Crippen LogP) is 7.26. The van der Waals surface area contributed by atoms with Gasteiger partial charge in [0.05, 0.1) is 30.9 Å². The third kappa shape index (κ3) is 11.1. The summed E-state index contributed by atoms with van der Waals surface area (Å²) in [5, 5.41) is 9.54. The number of benzene rings is 1. The monoisotopic (exact) mass is 726 g/mol. The Balaban J connectivity index is 1.48. The molecule has 14 heteroatoms. The summed E-state index contributed by atoms with van der Waals surface area (Å²) in [7, 11) is -5.99. The summed E-state index contributed by atoms with van der Waals surface area (Å²) in [6, 6.07) is 14.4. The molecular weight excluding hydrogens is 673 g/mol. The van der Waals surface area contributed by atoms with Gasteiger partial charge in [-0.05, 0) is 55.8 Å². The highest BCUT2D eigenvalue weighted by Crippen LogP contribution is 2.38. The quantitative estimate of drug-likeness (QED) is 0.0480. The first-order chi connectivity index (χ1) is 23.2. The highest BCUT2D eigenvalue weighted by Gasteiger charge is 2.28. The average molecular weight is 727 g/mol. The van der Waals surface area contributed by atoms with Gasteiger partial charge in [-0.25, -0.2) is 9.67 Å². The van der Waals surface area contributed by atoms with E-state index in [1.54, 1.807) is 0 Å². The van der Waals surface area contributed by atoms with Gasteiger partial charge in [-0.3, -0.25) is 4.18 Å². The van der Waals surface area contributed by atoms with Gasteiger partial charge in [0.25, 0.3) is 10.1 Å². The Morgan fingerprint density at radius 3 is 2.10 bits per heavy atom. The van der Waals surface area contributed by atoms with Crippen molar-refractivity contribution in [2.75, 3.05) is 44.4 Å². The van der Waals surface area contributed by atoms with Crippen molar-refractivity contribution in [3.05, 3.63) is 60.7 Å². The molecule has 0 unspecified atom stereocenters. The molecular formula is C35H54N6O5SSi2. The van der Waals surface area contributed by atoms with E-state index in [1.807, 2.05) is 58.1 Å². The third-order valence-electron chi connectivity index (χ3n) is 8.98. The zero-order chi connectivity index (χ0) is 35.2. The summed E-state index contributed by atoms with van der Waals surface area (Å²) in [6.07, 6.45) is 10.4. The van der Waals surface area contributed by atoms with E-state index in [2.05, 4.69) is 55.3 Å². The van der Waals surface area contributed by atoms with Crippen LogP contribution >= 0.6 is 0 Å². The third-order valence-corrected chi connectivity index (χ3v) is 13.0. The zero-order valence-electron chi connectivity index (χ0n) is 30.3. The van der Waals surface area contributed by atoms with Crippen LogP contribution in [-0.2, 0) is 23.8 Å². The Bertz CT molecular complexity index is 1740. The highest BCUT2D eigenvalue weighted by molar-refractivity contribution is 7.85. The van der Waals surface area contributed by atoms with Crippen molar-refractivity contribution in [1.29, 1.82) is 0 Å². The number of rotatable bonds is 17. The van der Waals surface area contributed by atoms with E-state index in [1.165, 1.54) is 0 Å². The highest BCUT2D eigenvalue weighted by atomic mass is 32.2. The molecule has 3 heterocycles. The minimum Gasteiger partial charge on any atom is -0.361 e. The van der Waals surface area contributed by atoms with Gasteiger partial charge in [0.2, 0.25) is 0 Å². The molecule has 0 bridgehead atoms. The fourth-order valence-corrected chi connectivity index (χ4v) is 7.86. The van der Waals surface area contributed by atoms with Crippen LogP contribution in [0.4, 0.5) is 5.82 Å². The van der Waals surface area contributed by atoms with Gasteiger partial charge in [0.15, 0.2) is 5.65 Å². The van der Waals surface area contributed by atoms with Crippen LogP contribution in [0.3, 0.4) is 0 Å². The summed E-state index contributed by atoms with van der Waals surface area (Å²) >= 11 is 0. The van der Waals surface area contributed by atoms with Crippen LogP contribution in [0.5, 0.6) is 0 Å². The topological polar surface area (TPSA) is 113 Å². The van der Waals surface area contributed by atoms with Crippen molar-refractivity contribution >= 4 is 37.7 Å². The van der Waals surface area contributed by atoms with Crippen LogP contribution < -0.4 is 4.90 Å². The molecule has 0 spiro atoms. The van der Waals surface area contributed by atoms with E-state index in [9.17, 15) is 8.42 Å². The van der Waals surface area contributed by atoms with Gasteiger partial charge in [0.1, 0.15) is 19.3 Å². The molecule has 1 aromatic carbocycles. The number of nitrogens with zero attached hydrogens (tertiary/aromatic N) is 6. The van der Waals surface area contributed by atoms with Crippen molar-refractivity contribution in [3.8, 4) is 16.8 Å². The van der Waals surface area contributed by atoms with E-state index in [0.717, 1.165) is 78.0 Å². The van der Waals surface area contributed by atoms with Crippen LogP contribution in [0.25, 0.3) is 22.5 Å². The summed E-state index contributed by atoms with van der Waals surface area (Å²) in [6.45, 7) is 16.6. The molecule has 0 amide bonds. The van der Waals surface area contributed by atoms with Crippen molar-refractivity contribution in [2.24, 2.45) is 5.92 Å². The number of aromatic nitrogens is 5. The lowest BCUT2D eigenvalue weighted by Crippen LogP contribution is -2.33. The van der Waals surface area contributed by atoms with E-state index in [-0.39, 0.29) is 18.4 Å². The maximum atomic E-state index is 11.6. The molecule has 49 heavy (non-hydrogen) atoms. The van der Waals surface area contributed by atoms with Crippen molar-refractivity contribution in [3.63, 3.8) is 0 Å². The molecule has 0 atom stereocenters. The minimum absolute atomic E-state index is 0.208. The molecule has 1 aliphatic carbocycles. The van der Waals surface area contributed by atoms with E-state index >= 15 is 0 Å². The summed E-state index contributed by atoms with van der Waals surface area (Å²) in [4.78, 5) is 7.41. The molecule has 0 saturated heterocycles. The molecule has 0 radical (unpaired) electrons. The summed E-state index contributed by atoms with van der Waals surface area (Å²) < 4.78 is 44.8. The Kier molecular flexibility index (Phi) is 12.2. The Labute approximate surface area is 294 Å². The first-order valence-electron chi connectivity index (χ1n) is 17.4. The summed E-state index contributed by atoms with van der Waals surface area (Å²) in [5.41, 5.74) is 4.57. The van der Waals surface area contributed by atoms with E-state index in [0.29, 0.717) is 26.7 Å². The fraction of sp³-hybridized carbons (Fsp3) is 0.571. The number of anilines is 1. The molecule has 0 N–H and O–H groups in total. The van der Waals surface area contributed by atoms with Gasteiger partial charge in [0, 0.05) is 64.4 Å². The molecule has 11 nitrogen and oxygen atoms in total. The van der Waals surface area contributed by atoms with Gasteiger partial charge in [-0.2, -0.15) is 23.1 Å². The Morgan fingerprint density at radius 1 is 0.878 bits per heavy atom. The zero-order valence-corrected chi connectivity index (χ0v) is 33.1. The minimum atomic E-state index is -3.46. The lowest BCUT2D eigenvalue weighted by molar-refractivity contribution is 0.0942.